The predicted octanol–water partition coefficient (Wildman–Crippen LogP) is -3.10. The summed E-state index contributed by atoms with van der Waals surface area (Å²) in [6.45, 7) is 3.43. The van der Waals surface area contributed by atoms with Gasteiger partial charge in [-0.15, -0.1) is 0 Å². The van der Waals surface area contributed by atoms with Crippen LogP contribution in [0.4, 0.5) is 0 Å². The zero-order chi connectivity index (χ0) is 17.4. The average Bonchev–Trinajstić information content (AvgIpc) is 2.43. The van der Waals surface area contributed by atoms with Crippen molar-refractivity contribution in [1.82, 2.24) is 16.0 Å². The SMILES string of the molecule is C[C@H](N)C(=O)N[C@@H](C)C(=O)N[C@@H](C)C(=O)N[C@@H](CO)C(=O)O. The van der Waals surface area contributed by atoms with Gasteiger partial charge in [-0.2, -0.15) is 0 Å². The van der Waals surface area contributed by atoms with Crippen LogP contribution < -0.4 is 21.7 Å². The number of hydrogen-bond donors (Lipinski definition) is 6. The van der Waals surface area contributed by atoms with Crippen molar-refractivity contribution in [3.63, 3.8) is 0 Å². The third kappa shape index (κ3) is 6.50. The van der Waals surface area contributed by atoms with Gasteiger partial charge in [0.1, 0.15) is 18.1 Å². The Morgan fingerprint density at radius 2 is 1.32 bits per heavy atom. The Kier molecular flexibility index (Phi) is 8.05. The molecule has 0 fully saturated rings. The zero-order valence-corrected chi connectivity index (χ0v) is 12.6. The first-order valence-corrected chi connectivity index (χ1v) is 6.60. The lowest BCUT2D eigenvalue weighted by atomic mass is 10.2. The molecule has 3 amide bonds. The summed E-state index contributed by atoms with van der Waals surface area (Å²) in [5.74, 6) is -3.33. The average molecular weight is 318 g/mol. The summed E-state index contributed by atoms with van der Waals surface area (Å²) in [4.78, 5) is 45.5. The number of hydrogen-bond acceptors (Lipinski definition) is 6. The highest BCUT2D eigenvalue weighted by Crippen LogP contribution is 1.91. The van der Waals surface area contributed by atoms with E-state index in [9.17, 15) is 19.2 Å². The maximum atomic E-state index is 11.8. The van der Waals surface area contributed by atoms with Gasteiger partial charge in [-0.05, 0) is 20.8 Å². The Balaban J connectivity index is 4.48. The fraction of sp³-hybridized carbons (Fsp3) is 0.667. The van der Waals surface area contributed by atoms with Gasteiger partial charge in [-0.3, -0.25) is 14.4 Å². The van der Waals surface area contributed by atoms with Gasteiger partial charge in [0.25, 0.3) is 0 Å². The topological polar surface area (TPSA) is 171 Å². The van der Waals surface area contributed by atoms with Crippen LogP contribution in [0.15, 0.2) is 0 Å². The van der Waals surface area contributed by atoms with Crippen molar-refractivity contribution in [1.29, 1.82) is 0 Å². The molecule has 0 saturated heterocycles. The summed E-state index contributed by atoms with van der Waals surface area (Å²) < 4.78 is 0. The second-order valence-corrected chi connectivity index (χ2v) is 4.83. The Bertz CT molecular complexity index is 439. The zero-order valence-electron chi connectivity index (χ0n) is 12.6. The number of carboxylic acids is 1. The van der Waals surface area contributed by atoms with Gasteiger partial charge in [0.2, 0.25) is 17.7 Å². The lowest BCUT2D eigenvalue weighted by Crippen LogP contribution is -2.55. The van der Waals surface area contributed by atoms with Crippen molar-refractivity contribution in [2.75, 3.05) is 6.61 Å². The van der Waals surface area contributed by atoms with Gasteiger partial charge in [-0.1, -0.05) is 0 Å². The van der Waals surface area contributed by atoms with Crippen molar-refractivity contribution < 1.29 is 29.4 Å². The fourth-order valence-corrected chi connectivity index (χ4v) is 1.30. The highest BCUT2D eigenvalue weighted by molar-refractivity contribution is 5.93. The maximum Gasteiger partial charge on any atom is 0.328 e. The van der Waals surface area contributed by atoms with Gasteiger partial charge in [0, 0.05) is 0 Å². The molecule has 0 saturated carbocycles. The van der Waals surface area contributed by atoms with Gasteiger partial charge in [-0.25, -0.2) is 4.79 Å². The molecule has 0 heterocycles. The van der Waals surface area contributed by atoms with E-state index in [0.717, 1.165) is 0 Å². The molecule has 0 unspecified atom stereocenters. The van der Waals surface area contributed by atoms with E-state index >= 15 is 0 Å². The molecule has 4 atom stereocenters. The number of nitrogens with one attached hydrogen (secondary N) is 3. The van der Waals surface area contributed by atoms with Crippen molar-refractivity contribution in [2.24, 2.45) is 5.73 Å². The number of rotatable bonds is 8. The van der Waals surface area contributed by atoms with E-state index in [0.29, 0.717) is 0 Å². The molecule has 0 aromatic rings. The molecule has 0 spiro atoms. The molecule has 0 aliphatic rings. The minimum Gasteiger partial charge on any atom is -0.480 e. The third-order valence-corrected chi connectivity index (χ3v) is 2.71. The highest BCUT2D eigenvalue weighted by atomic mass is 16.4. The minimum absolute atomic E-state index is 0.522. The van der Waals surface area contributed by atoms with Crippen LogP contribution >= 0.6 is 0 Å². The molecule has 0 aliphatic heterocycles. The summed E-state index contributed by atoms with van der Waals surface area (Å²) in [6.07, 6.45) is 0. The Labute approximate surface area is 127 Å². The molecule has 0 aromatic heterocycles. The van der Waals surface area contributed by atoms with Crippen LogP contribution in [0.2, 0.25) is 0 Å². The van der Waals surface area contributed by atoms with E-state index in [2.05, 4.69) is 16.0 Å². The molecule has 22 heavy (non-hydrogen) atoms. The standard InChI is InChI=1S/C12H22N4O6/c1-5(13)9(18)14-6(2)10(19)15-7(3)11(20)16-8(4-17)12(21)22/h5-8,17H,4,13H2,1-3H3,(H,14,18)(H,15,19)(H,16,20)(H,21,22)/t5-,6-,7-,8-/m0/s1. The monoisotopic (exact) mass is 318 g/mol. The summed E-state index contributed by atoms with van der Waals surface area (Å²) in [7, 11) is 0. The molecule has 0 radical (unpaired) electrons. The van der Waals surface area contributed by atoms with Crippen molar-refractivity contribution in [2.45, 2.75) is 44.9 Å². The first-order valence-electron chi connectivity index (χ1n) is 6.60. The molecule has 7 N–H and O–H groups in total. The Morgan fingerprint density at radius 1 is 0.909 bits per heavy atom. The molecule has 0 aromatic carbocycles. The van der Waals surface area contributed by atoms with E-state index in [1.165, 1.54) is 20.8 Å². The van der Waals surface area contributed by atoms with E-state index in [1.54, 1.807) is 0 Å². The number of nitrogens with two attached hydrogens (primary N) is 1. The second-order valence-electron chi connectivity index (χ2n) is 4.83. The maximum absolute atomic E-state index is 11.8. The fourth-order valence-electron chi connectivity index (χ4n) is 1.30. The molecular weight excluding hydrogens is 296 g/mol. The lowest BCUT2D eigenvalue weighted by Gasteiger charge is -2.20. The largest absolute Gasteiger partial charge is 0.480 e. The number of aliphatic hydroxyl groups is 1. The number of carboxylic acid groups (broad SMARTS) is 1. The van der Waals surface area contributed by atoms with Crippen LogP contribution in [0, 0.1) is 0 Å². The van der Waals surface area contributed by atoms with Crippen molar-refractivity contribution >= 4 is 23.7 Å². The van der Waals surface area contributed by atoms with Gasteiger partial charge in [0.15, 0.2) is 0 Å². The van der Waals surface area contributed by atoms with E-state index in [1.807, 2.05) is 0 Å². The normalized spacial score (nSPS) is 15.9. The predicted molar refractivity (Wildman–Crippen MR) is 75.5 cm³/mol. The number of aliphatic carboxylic acids is 1. The van der Waals surface area contributed by atoms with Crippen LogP contribution in [0.25, 0.3) is 0 Å². The summed E-state index contributed by atoms with van der Waals surface area (Å²) in [5.41, 5.74) is 5.35. The van der Waals surface area contributed by atoms with Crippen LogP contribution in [-0.4, -0.2) is 64.7 Å². The van der Waals surface area contributed by atoms with Gasteiger partial charge in [0.05, 0.1) is 12.6 Å². The molecule has 126 valence electrons. The smallest absolute Gasteiger partial charge is 0.328 e. The molecule has 0 rings (SSSR count). The number of carbonyl (C=O) groups excluding carboxylic acids is 3. The van der Waals surface area contributed by atoms with Crippen LogP contribution in [-0.2, 0) is 19.2 Å². The quantitative estimate of drug-likeness (QED) is 0.275. The first kappa shape index (κ1) is 19.8. The van der Waals surface area contributed by atoms with E-state index < -0.39 is 54.5 Å². The Hall–Kier alpha value is -2.20. The van der Waals surface area contributed by atoms with Crippen LogP contribution in [0.5, 0.6) is 0 Å². The summed E-state index contributed by atoms with van der Waals surface area (Å²) >= 11 is 0. The van der Waals surface area contributed by atoms with E-state index in [-0.39, 0.29) is 0 Å². The van der Waals surface area contributed by atoms with Gasteiger partial charge >= 0.3 is 5.97 Å². The van der Waals surface area contributed by atoms with Gasteiger partial charge < -0.3 is 31.9 Å². The van der Waals surface area contributed by atoms with Crippen LogP contribution in [0.3, 0.4) is 0 Å². The van der Waals surface area contributed by atoms with E-state index in [4.69, 9.17) is 15.9 Å². The number of aliphatic hydroxyl groups excluding tert-OH is 1. The first-order chi connectivity index (χ1) is 10.1. The molecule has 10 heteroatoms. The molecule has 10 nitrogen and oxygen atoms in total. The number of carbonyl (C=O) groups is 4. The van der Waals surface area contributed by atoms with Crippen LogP contribution in [0.1, 0.15) is 20.8 Å². The number of amides is 3. The summed E-state index contributed by atoms with van der Waals surface area (Å²) in [6, 6.07) is -4.20. The van der Waals surface area contributed by atoms with Crippen molar-refractivity contribution in [3.05, 3.63) is 0 Å². The highest BCUT2D eigenvalue weighted by Gasteiger charge is 2.25. The molecule has 0 bridgehead atoms. The Morgan fingerprint density at radius 3 is 1.68 bits per heavy atom. The summed E-state index contributed by atoms with van der Waals surface area (Å²) in [5, 5.41) is 24.2. The lowest BCUT2D eigenvalue weighted by molar-refractivity contribution is -0.143. The molecular formula is C12H22N4O6. The minimum atomic E-state index is -1.46. The second kappa shape index (κ2) is 8.95. The molecule has 0 aliphatic carbocycles. The third-order valence-electron chi connectivity index (χ3n) is 2.71. The van der Waals surface area contributed by atoms with Crippen molar-refractivity contribution in [3.8, 4) is 0 Å².